The minimum atomic E-state index is 0.565. The Labute approximate surface area is 79.7 Å². The van der Waals surface area contributed by atoms with E-state index in [1.807, 2.05) is 6.92 Å². The molecule has 1 aliphatic heterocycles. The first-order chi connectivity index (χ1) is 6.15. The van der Waals surface area contributed by atoms with Crippen molar-refractivity contribution in [2.45, 2.75) is 33.2 Å². The van der Waals surface area contributed by atoms with E-state index in [9.17, 15) is 0 Å². The maximum Gasteiger partial charge on any atom is 0.0806 e. The maximum atomic E-state index is 8.64. The summed E-state index contributed by atoms with van der Waals surface area (Å²) in [4.78, 5) is 2.38. The highest BCUT2D eigenvalue weighted by atomic mass is 16.4. The van der Waals surface area contributed by atoms with E-state index in [2.05, 4.69) is 30.0 Å². The van der Waals surface area contributed by atoms with Crippen molar-refractivity contribution in [2.24, 2.45) is 5.16 Å². The Balaban J connectivity index is 2.64. The largest absolute Gasteiger partial charge is 0.411 e. The summed E-state index contributed by atoms with van der Waals surface area (Å²) in [5.41, 5.74) is 1.90. The van der Waals surface area contributed by atoms with Crippen molar-refractivity contribution in [2.75, 3.05) is 13.1 Å². The van der Waals surface area contributed by atoms with E-state index in [0.29, 0.717) is 6.04 Å². The first-order valence-corrected chi connectivity index (χ1v) is 4.77. The summed E-state index contributed by atoms with van der Waals surface area (Å²) in [6.45, 7) is 8.24. The second kappa shape index (κ2) is 4.42. The molecule has 0 atom stereocenters. The van der Waals surface area contributed by atoms with E-state index < -0.39 is 0 Å². The Hall–Kier alpha value is -0.830. The average Bonchev–Trinajstić information content (AvgIpc) is 2.17. The quantitative estimate of drug-likeness (QED) is 0.402. The Morgan fingerprint density at radius 2 is 2.31 bits per heavy atom. The third-order valence-corrected chi connectivity index (χ3v) is 2.53. The first kappa shape index (κ1) is 10.3. The van der Waals surface area contributed by atoms with E-state index in [1.165, 1.54) is 0 Å². The van der Waals surface area contributed by atoms with Gasteiger partial charge in [-0.2, -0.15) is 0 Å². The summed E-state index contributed by atoms with van der Waals surface area (Å²) in [6.07, 6.45) is 3.22. The number of rotatable bonds is 2. The molecular formula is C10H18N2O. The summed E-state index contributed by atoms with van der Waals surface area (Å²) in [7, 11) is 0. The molecule has 0 amide bonds. The zero-order valence-corrected chi connectivity index (χ0v) is 8.62. The van der Waals surface area contributed by atoms with Gasteiger partial charge in [0.15, 0.2) is 0 Å². The van der Waals surface area contributed by atoms with Crippen LogP contribution in [0, 0.1) is 0 Å². The van der Waals surface area contributed by atoms with Gasteiger partial charge in [-0.05, 0) is 32.8 Å². The molecule has 3 nitrogen and oxygen atoms in total. The Bertz CT molecular complexity index is 231. The Morgan fingerprint density at radius 3 is 2.85 bits per heavy atom. The van der Waals surface area contributed by atoms with Gasteiger partial charge in [-0.3, -0.25) is 4.90 Å². The summed E-state index contributed by atoms with van der Waals surface area (Å²) in [6, 6.07) is 0.565. The van der Waals surface area contributed by atoms with Gasteiger partial charge >= 0.3 is 0 Å². The molecule has 1 heterocycles. The van der Waals surface area contributed by atoms with Gasteiger partial charge in [0, 0.05) is 19.1 Å². The van der Waals surface area contributed by atoms with Crippen LogP contribution in [0.4, 0.5) is 0 Å². The van der Waals surface area contributed by atoms with Crippen LogP contribution in [0.15, 0.2) is 16.8 Å². The van der Waals surface area contributed by atoms with E-state index in [0.717, 1.165) is 30.8 Å². The van der Waals surface area contributed by atoms with Gasteiger partial charge < -0.3 is 5.21 Å². The molecule has 0 unspecified atom stereocenters. The third kappa shape index (κ3) is 2.56. The Kier molecular flexibility index (Phi) is 3.48. The molecule has 3 heteroatoms. The fourth-order valence-corrected chi connectivity index (χ4v) is 1.53. The molecule has 1 rings (SSSR count). The van der Waals surface area contributed by atoms with Gasteiger partial charge in [-0.1, -0.05) is 11.2 Å². The standard InChI is InChI=1S/C10H18N2O/c1-8(2)12-6-4-5-10(7-12)9(3)11-13/h5,8,13H,4,6-7H2,1-3H3/b11-9+. The lowest BCUT2D eigenvalue weighted by Crippen LogP contribution is -2.37. The van der Waals surface area contributed by atoms with Gasteiger partial charge in [0.1, 0.15) is 0 Å². The number of hydrogen-bond acceptors (Lipinski definition) is 3. The number of oxime groups is 1. The molecule has 1 N–H and O–H groups in total. The maximum absolute atomic E-state index is 8.64. The minimum absolute atomic E-state index is 0.565. The van der Waals surface area contributed by atoms with Crippen molar-refractivity contribution in [1.29, 1.82) is 0 Å². The average molecular weight is 182 g/mol. The molecule has 0 saturated heterocycles. The fraction of sp³-hybridized carbons (Fsp3) is 0.700. The zero-order valence-electron chi connectivity index (χ0n) is 8.62. The van der Waals surface area contributed by atoms with E-state index >= 15 is 0 Å². The molecule has 0 bridgehead atoms. The predicted molar refractivity (Wildman–Crippen MR) is 54.3 cm³/mol. The van der Waals surface area contributed by atoms with Gasteiger partial charge in [-0.25, -0.2) is 0 Å². The predicted octanol–water partition coefficient (Wildman–Crippen LogP) is 1.88. The molecule has 0 radical (unpaired) electrons. The van der Waals surface area contributed by atoms with E-state index in [4.69, 9.17) is 5.21 Å². The lowest BCUT2D eigenvalue weighted by molar-refractivity contribution is 0.238. The van der Waals surface area contributed by atoms with E-state index in [1.54, 1.807) is 0 Å². The van der Waals surface area contributed by atoms with Crippen LogP contribution in [0.5, 0.6) is 0 Å². The molecule has 0 saturated carbocycles. The van der Waals surface area contributed by atoms with Crippen LogP contribution in [0.2, 0.25) is 0 Å². The third-order valence-electron chi connectivity index (χ3n) is 2.53. The van der Waals surface area contributed by atoms with Crippen molar-refractivity contribution in [3.05, 3.63) is 11.6 Å². The topological polar surface area (TPSA) is 35.8 Å². The molecule has 1 aliphatic rings. The molecule has 0 aromatic rings. The summed E-state index contributed by atoms with van der Waals surface area (Å²) < 4.78 is 0. The highest BCUT2D eigenvalue weighted by Crippen LogP contribution is 2.13. The van der Waals surface area contributed by atoms with Crippen LogP contribution in [0.3, 0.4) is 0 Å². The fourth-order valence-electron chi connectivity index (χ4n) is 1.53. The van der Waals surface area contributed by atoms with Crippen molar-refractivity contribution in [3.63, 3.8) is 0 Å². The van der Waals surface area contributed by atoms with Gasteiger partial charge in [0.05, 0.1) is 5.71 Å². The van der Waals surface area contributed by atoms with Gasteiger partial charge in [0.25, 0.3) is 0 Å². The summed E-state index contributed by atoms with van der Waals surface area (Å²) in [5.74, 6) is 0. The highest BCUT2D eigenvalue weighted by molar-refractivity contribution is 5.98. The van der Waals surface area contributed by atoms with E-state index in [-0.39, 0.29) is 0 Å². The lowest BCUT2D eigenvalue weighted by Gasteiger charge is -2.30. The number of nitrogens with zero attached hydrogens (tertiary/aromatic N) is 2. The van der Waals surface area contributed by atoms with Crippen LogP contribution >= 0.6 is 0 Å². The molecule has 74 valence electrons. The summed E-state index contributed by atoms with van der Waals surface area (Å²) in [5, 5.41) is 11.9. The monoisotopic (exact) mass is 182 g/mol. The second-order valence-electron chi connectivity index (χ2n) is 3.77. The normalized spacial score (nSPS) is 20.6. The molecule has 0 fully saturated rings. The molecule has 0 aromatic heterocycles. The van der Waals surface area contributed by atoms with Crippen LogP contribution < -0.4 is 0 Å². The van der Waals surface area contributed by atoms with Crippen molar-refractivity contribution >= 4 is 5.71 Å². The van der Waals surface area contributed by atoms with Gasteiger partial charge in [-0.15, -0.1) is 0 Å². The summed E-state index contributed by atoms with van der Waals surface area (Å²) >= 11 is 0. The van der Waals surface area contributed by atoms with Crippen molar-refractivity contribution in [3.8, 4) is 0 Å². The van der Waals surface area contributed by atoms with Crippen molar-refractivity contribution in [1.82, 2.24) is 4.90 Å². The molecule has 13 heavy (non-hydrogen) atoms. The van der Waals surface area contributed by atoms with Crippen LogP contribution in [-0.4, -0.2) is 35.0 Å². The SMILES string of the molecule is C/C(=N\O)C1=CCCN(C(C)C)C1. The zero-order chi connectivity index (χ0) is 9.84. The smallest absolute Gasteiger partial charge is 0.0806 e. The molecule has 0 spiro atoms. The molecule has 0 aliphatic carbocycles. The van der Waals surface area contributed by atoms with Crippen LogP contribution in [-0.2, 0) is 0 Å². The minimum Gasteiger partial charge on any atom is -0.411 e. The van der Waals surface area contributed by atoms with Crippen LogP contribution in [0.1, 0.15) is 27.2 Å². The second-order valence-corrected chi connectivity index (χ2v) is 3.77. The highest BCUT2D eigenvalue weighted by Gasteiger charge is 2.16. The van der Waals surface area contributed by atoms with Crippen LogP contribution in [0.25, 0.3) is 0 Å². The molecule has 0 aromatic carbocycles. The molecular weight excluding hydrogens is 164 g/mol. The van der Waals surface area contributed by atoms with Gasteiger partial charge in [0.2, 0.25) is 0 Å². The lowest BCUT2D eigenvalue weighted by atomic mass is 10.0. The first-order valence-electron chi connectivity index (χ1n) is 4.77. The Morgan fingerprint density at radius 1 is 1.62 bits per heavy atom. The number of hydrogen-bond donors (Lipinski definition) is 1. The van der Waals surface area contributed by atoms with Crippen molar-refractivity contribution < 1.29 is 5.21 Å².